The van der Waals surface area contributed by atoms with E-state index < -0.39 is 0 Å². The molecule has 0 aromatic heterocycles. The van der Waals surface area contributed by atoms with Gasteiger partial charge in [0.15, 0.2) is 0 Å². The van der Waals surface area contributed by atoms with Gasteiger partial charge in [-0.2, -0.15) is 0 Å². The summed E-state index contributed by atoms with van der Waals surface area (Å²) in [5, 5.41) is 2.77. The number of amides is 1. The first-order chi connectivity index (χ1) is 9.33. The highest BCUT2D eigenvalue weighted by Gasteiger charge is 2.16. The highest BCUT2D eigenvalue weighted by atomic mass is 16.6. The average Bonchev–Trinajstić information content (AvgIpc) is 2.43. The molecule has 0 saturated heterocycles. The van der Waals surface area contributed by atoms with Crippen LogP contribution in [0.4, 0.5) is 4.79 Å². The van der Waals surface area contributed by atoms with Crippen LogP contribution in [-0.4, -0.2) is 18.7 Å². The number of nitrogens with one attached hydrogen (secondary N) is 1. The molecule has 1 rings (SSSR count). The zero-order valence-electron chi connectivity index (χ0n) is 12.1. The molecule has 1 aliphatic rings. The Morgan fingerprint density at radius 2 is 1.79 bits per heavy atom. The number of hydrogen-bond acceptors (Lipinski definition) is 2. The molecule has 0 atom stereocenters. The number of carbonyl (C=O) groups excluding carboxylic acids is 1. The first kappa shape index (κ1) is 15.8. The van der Waals surface area contributed by atoms with Crippen LogP contribution in [0.5, 0.6) is 0 Å². The third-order valence-corrected chi connectivity index (χ3v) is 3.26. The molecule has 0 bridgehead atoms. The first-order valence-corrected chi connectivity index (χ1v) is 7.57. The molecule has 1 aliphatic carbocycles. The van der Waals surface area contributed by atoms with E-state index in [9.17, 15) is 4.79 Å². The lowest BCUT2D eigenvalue weighted by molar-refractivity contribution is 0.0761. The first-order valence-electron chi connectivity index (χ1n) is 7.57. The van der Waals surface area contributed by atoms with Gasteiger partial charge in [-0.1, -0.05) is 37.6 Å². The van der Waals surface area contributed by atoms with Gasteiger partial charge in [0.2, 0.25) is 0 Å². The van der Waals surface area contributed by atoms with E-state index in [1.54, 1.807) is 0 Å². The topological polar surface area (TPSA) is 38.3 Å². The molecule has 1 fully saturated rings. The zero-order valence-corrected chi connectivity index (χ0v) is 12.1. The molecule has 0 aliphatic heterocycles. The minimum atomic E-state index is -0.276. The Hall–Kier alpha value is -1.25. The van der Waals surface area contributed by atoms with Crippen molar-refractivity contribution in [2.75, 3.05) is 6.54 Å². The van der Waals surface area contributed by atoms with Crippen molar-refractivity contribution in [2.45, 2.75) is 64.4 Å². The second-order valence-corrected chi connectivity index (χ2v) is 4.97. The van der Waals surface area contributed by atoms with Crippen LogP contribution in [0.25, 0.3) is 0 Å². The van der Waals surface area contributed by atoms with Gasteiger partial charge in [0.25, 0.3) is 0 Å². The molecule has 19 heavy (non-hydrogen) atoms. The van der Waals surface area contributed by atoms with E-state index >= 15 is 0 Å². The summed E-state index contributed by atoms with van der Waals surface area (Å²) in [6, 6.07) is 0. The van der Waals surface area contributed by atoms with Crippen molar-refractivity contribution in [2.24, 2.45) is 0 Å². The third kappa shape index (κ3) is 8.46. The van der Waals surface area contributed by atoms with E-state index in [2.05, 4.69) is 30.5 Å². The van der Waals surface area contributed by atoms with Crippen LogP contribution in [0.15, 0.2) is 24.3 Å². The summed E-state index contributed by atoms with van der Waals surface area (Å²) in [7, 11) is 0. The monoisotopic (exact) mass is 265 g/mol. The molecule has 108 valence electrons. The summed E-state index contributed by atoms with van der Waals surface area (Å²) in [6.07, 6.45) is 17.2. The Labute approximate surface area is 117 Å². The van der Waals surface area contributed by atoms with Gasteiger partial charge < -0.3 is 10.1 Å². The summed E-state index contributed by atoms with van der Waals surface area (Å²) in [4.78, 5) is 11.5. The van der Waals surface area contributed by atoms with Gasteiger partial charge in [0.1, 0.15) is 6.10 Å². The summed E-state index contributed by atoms with van der Waals surface area (Å²) >= 11 is 0. The van der Waals surface area contributed by atoms with Gasteiger partial charge in [-0.15, -0.1) is 0 Å². The van der Waals surface area contributed by atoms with Gasteiger partial charge >= 0.3 is 6.09 Å². The highest BCUT2D eigenvalue weighted by Crippen LogP contribution is 2.20. The number of alkyl carbamates (subject to hydrolysis) is 1. The molecule has 1 N–H and O–H groups in total. The molecule has 0 spiro atoms. The van der Waals surface area contributed by atoms with E-state index in [1.165, 1.54) is 19.3 Å². The summed E-state index contributed by atoms with van der Waals surface area (Å²) in [5.41, 5.74) is 0. The predicted molar refractivity (Wildman–Crippen MR) is 79.2 cm³/mol. The maximum Gasteiger partial charge on any atom is 0.407 e. The molecule has 0 aromatic carbocycles. The molecule has 3 nitrogen and oxygen atoms in total. The normalized spacial score (nSPS) is 17.1. The Morgan fingerprint density at radius 1 is 1.11 bits per heavy atom. The SMILES string of the molecule is CC/C=C\CC/C=C/CNC(=O)OC1CCCCC1. The van der Waals surface area contributed by atoms with E-state index in [0.29, 0.717) is 6.54 Å². The maximum absolute atomic E-state index is 11.5. The van der Waals surface area contributed by atoms with Crippen molar-refractivity contribution >= 4 is 6.09 Å². The van der Waals surface area contributed by atoms with E-state index in [0.717, 1.165) is 32.1 Å². The zero-order chi connectivity index (χ0) is 13.8. The number of ether oxygens (including phenoxy) is 1. The van der Waals surface area contributed by atoms with Crippen LogP contribution in [0.1, 0.15) is 58.3 Å². The Kier molecular flexibility index (Phi) is 8.86. The summed E-state index contributed by atoms with van der Waals surface area (Å²) in [5.74, 6) is 0. The number of rotatable bonds is 7. The van der Waals surface area contributed by atoms with Crippen LogP contribution in [0.2, 0.25) is 0 Å². The molecular formula is C16H27NO2. The van der Waals surface area contributed by atoms with Crippen molar-refractivity contribution in [3.05, 3.63) is 24.3 Å². The Bertz CT molecular complexity index is 291. The molecule has 0 radical (unpaired) electrons. The average molecular weight is 265 g/mol. The van der Waals surface area contributed by atoms with Crippen LogP contribution in [-0.2, 0) is 4.74 Å². The number of hydrogen-bond donors (Lipinski definition) is 1. The molecule has 1 saturated carbocycles. The number of unbranched alkanes of at least 4 members (excludes halogenated alkanes) is 1. The second-order valence-electron chi connectivity index (χ2n) is 4.97. The second kappa shape index (κ2) is 10.7. The van der Waals surface area contributed by atoms with Crippen molar-refractivity contribution in [1.29, 1.82) is 0 Å². The lowest BCUT2D eigenvalue weighted by Gasteiger charge is -2.21. The fourth-order valence-corrected chi connectivity index (χ4v) is 2.20. The maximum atomic E-state index is 11.5. The molecule has 1 amide bonds. The minimum absolute atomic E-state index is 0.136. The summed E-state index contributed by atoms with van der Waals surface area (Å²) in [6.45, 7) is 2.69. The van der Waals surface area contributed by atoms with Gasteiger partial charge in [0, 0.05) is 6.54 Å². The molecular weight excluding hydrogens is 238 g/mol. The van der Waals surface area contributed by atoms with E-state index in [-0.39, 0.29) is 12.2 Å². The van der Waals surface area contributed by atoms with Crippen LogP contribution < -0.4 is 5.32 Å². The predicted octanol–water partition coefficient (Wildman–Crippen LogP) is 4.35. The van der Waals surface area contributed by atoms with Crippen molar-refractivity contribution in [3.63, 3.8) is 0 Å². The van der Waals surface area contributed by atoms with Crippen LogP contribution >= 0.6 is 0 Å². The number of allylic oxidation sites excluding steroid dienone is 3. The Morgan fingerprint density at radius 3 is 2.47 bits per heavy atom. The Balaban J connectivity index is 2.00. The third-order valence-electron chi connectivity index (χ3n) is 3.26. The van der Waals surface area contributed by atoms with Crippen molar-refractivity contribution in [3.8, 4) is 0 Å². The molecule has 0 heterocycles. The fourth-order valence-electron chi connectivity index (χ4n) is 2.20. The lowest BCUT2D eigenvalue weighted by Crippen LogP contribution is -2.30. The van der Waals surface area contributed by atoms with Crippen molar-refractivity contribution < 1.29 is 9.53 Å². The molecule has 0 aromatic rings. The fraction of sp³-hybridized carbons (Fsp3) is 0.688. The van der Waals surface area contributed by atoms with E-state index in [1.807, 2.05) is 6.08 Å². The standard InChI is InChI=1S/C16H27NO2/c1-2-3-4-5-6-7-11-14-17-16(18)19-15-12-9-8-10-13-15/h3-4,7,11,15H,2,5-6,8-10,12-14H2,1H3,(H,17,18)/b4-3-,11-7+. The van der Waals surface area contributed by atoms with E-state index in [4.69, 9.17) is 4.74 Å². The van der Waals surface area contributed by atoms with Crippen molar-refractivity contribution in [1.82, 2.24) is 5.32 Å². The van der Waals surface area contributed by atoms with Gasteiger partial charge in [-0.3, -0.25) is 0 Å². The molecule has 0 unspecified atom stereocenters. The smallest absolute Gasteiger partial charge is 0.407 e. The van der Waals surface area contributed by atoms with Gasteiger partial charge in [0.05, 0.1) is 0 Å². The lowest BCUT2D eigenvalue weighted by atomic mass is 9.98. The molecule has 3 heteroatoms. The minimum Gasteiger partial charge on any atom is -0.446 e. The summed E-state index contributed by atoms with van der Waals surface area (Å²) < 4.78 is 5.36. The highest BCUT2D eigenvalue weighted by molar-refractivity contribution is 5.67. The van der Waals surface area contributed by atoms with Gasteiger partial charge in [-0.25, -0.2) is 4.79 Å². The van der Waals surface area contributed by atoms with Crippen LogP contribution in [0, 0.1) is 0 Å². The number of carbonyl (C=O) groups is 1. The quantitative estimate of drug-likeness (QED) is 0.549. The largest absolute Gasteiger partial charge is 0.446 e. The van der Waals surface area contributed by atoms with Gasteiger partial charge in [-0.05, 0) is 44.9 Å². The van der Waals surface area contributed by atoms with Crippen LogP contribution in [0.3, 0.4) is 0 Å².